The quantitative estimate of drug-likeness (QED) is 0.247. The topological polar surface area (TPSA) is 80.8 Å². The van der Waals surface area contributed by atoms with Gasteiger partial charge in [0.2, 0.25) is 5.91 Å². The second kappa shape index (κ2) is 14.1. The van der Waals surface area contributed by atoms with E-state index in [0.29, 0.717) is 13.1 Å². The Hall–Kier alpha value is -2.41. The average molecular weight is 490 g/mol. The number of hydrogen-bond donors (Lipinski definition) is 0. The number of carbonyl (C=O) groups excluding carboxylic acids is 2. The fourth-order valence-electron chi connectivity index (χ4n) is 4.09. The molecular weight excluding hydrogens is 450 g/mol. The summed E-state index contributed by atoms with van der Waals surface area (Å²) in [6.45, 7) is 5.44. The number of fused-ring (bicyclic) bond motifs is 1. The number of sulfone groups is 1. The Morgan fingerprint density at radius 2 is 1.53 bits per heavy atom. The van der Waals surface area contributed by atoms with E-state index in [4.69, 9.17) is 4.74 Å². The van der Waals surface area contributed by atoms with Crippen molar-refractivity contribution in [2.75, 3.05) is 26.0 Å². The molecule has 0 aliphatic heterocycles. The molecule has 7 heteroatoms. The first-order valence-corrected chi connectivity index (χ1v) is 14.0. The van der Waals surface area contributed by atoms with Crippen LogP contribution < -0.4 is 0 Å². The van der Waals surface area contributed by atoms with Gasteiger partial charge in [0.15, 0.2) is 9.84 Å². The van der Waals surface area contributed by atoms with E-state index in [2.05, 4.69) is 13.8 Å². The summed E-state index contributed by atoms with van der Waals surface area (Å²) in [5, 5.41) is 1.79. The molecule has 1 unspecified atom stereocenters. The Bertz CT molecular complexity index is 1020. The summed E-state index contributed by atoms with van der Waals surface area (Å²) >= 11 is 0. The van der Waals surface area contributed by atoms with Crippen molar-refractivity contribution in [2.45, 2.75) is 70.1 Å². The number of nitrogens with zero attached hydrogens (tertiary/aromatic N) is 1. The summed E-state index contributed by atoms with van der Waals surface area (Å²) in [7, 11) is -2.44. The van der Waals surface area contributed by atoms with Gasteiger partial charge in [-0.05, 0) is 42.2 Å². The molecule has 2 aromatic rings. The molecular formula is C27H39NO5S. The third-order valence-electron chi connectivity index (χ3n) is 6.15. The van der Waals surface area contributed by atoms with Gasteiger partial charge in [0.1, 0.15) is 0 Å². The monoisotopic (exact) mass is 489 g/mol. The van der Waals surface area contributed by atoms with Crippen molar-refractivity contribution in [3.8, 4) is 0 Å². The van der Waals surface area contributed by atoms with E-state index < -0.39 is 21.7 Å². The molecule has 0 N–H and O–H groups in total. The molecule has 2 aromatic carbocycles. The molecule has 0 saturated carbocycles. The number of amides is 1. The van der Waals surface area contributed by atoms with Crippen LogP contribution in [0.1, 0.15) is 65.2 Å². The Morgan fingerprint density at radius 1 is 0.912 bits per heavy atom. The van der Waals surface area contributed by atoms with Crippen LogP contribution >= 0.6 is 0 Å². The molecule has 2 rings (SSSR count). The van der Waals surface area contributed by atoms with Crippen LogP contribution in [0, 0.1) is 5.92 Å². The van der Waals surface area contributed by atoms with Crippen molar-refractivity contribution >= 4 is 32.5 Å². The summed E-state index contributed by atoms with van der Waals surface area (Å²) in [6, 6.07) is 12.6. The lowest BCUT2D eigenvalue weighted by atomic mass is 10.0. The van der Waals surface area contributed by atoms with Crippen LogP contribution in [0.2, 0.25) is 0 Å². The predicted molar refractivity (Wildman–Crippen MR) is 136 cm³/mol. The van der Waals surface area contributed by atoms with Gasteiger partial charge >= 0.3 is 5.97 Å². The number of ether oxygens (including phenoxy) is 1. The molecule has 1 amide bonds. The third-order valence-corrected chi connectivity index (χ3v) is 7.96. The van der Waals surface area contributed by atoms with E-state index in [1.165, 1.54) is 7.11 Å². The summed E-state index contributed by atoms with van der Waals surface area (Å²) in [5.74, 6) is -1.73. The molecule has 1 atom stereocenters. The van der Waals surface area contributed by atoms with Crippen molar-refractivity contribution < 1.29 is 22.7 Å². The lowest BCUT2D eigenvalue weighted by molar-refractivity contribution is -0.141. The Balaban J connectivity index is 2.28. The molecule has 0 radical (unpaired) electrons. The second-order valence-corrected chi connectivity index (χ2v) is 10.9. The van der Waals surface area contributed by atoms with Gasteiger partial charge in [-0.1, -0.05) is 69.9 Å². The molecule has 0 heterocycles. The number of rotatable bonds is 15. The molecule has 34 heavy (non-hydrogen) atoms. The van der Waals surface area contributed by atoms with E-state index in [-0.39, 0.29) is 29.4 Å². The first-order valence-electron chi connectivity index (χ1n) is 12.4. The van der Waals surface area contributed by atoms with E-state index in [1.54, 1.807) is 18.2 Å². The number of hydrogen-bond acceptors (Lipinski definition) is 5. The smallest absolute Gasteiger partial charge is 0.305 e. The average Bonchev–Trinajstić information content (AvgIpc) is 2.84. The summed E-state index contributed by atoms with van der Waals surface area (Å²) in [6.07, 6.45) is 6.04. The zero-order valence-corrected chi connectivity index (χ0v) is 21.6. The molecule has 188 valence electrons. The first-order chi connectivity index (χ1) is 16.3. The molecule has 0 fully saturated rings. The maximum absolute atomic E-state index is 13.6. The van der Waals surface area contributed by atoms with Crippen LogP contribution in [0.25, 0.3) is 10.8 Å². The van der Waals surface area contributed by atoms with Gasteiger partial charge < -0.3 is 9.64 Å². The van der Waals surface area contributed by atoms with Crippen molar-refractivity contribution in [1.82, 2.24) is 4.90 Å². The molecule has 0 aromatic heterocycles. The fourth-order valence-corrected chi connectivity index (χ4v) is 5.70. The minimum atomic E-state index is -3.73. The summed E-state index contributed by atoms with van der Waals surface area (Å²) in [5.41, 5.74) is 0. The molecule has 6 nitrogen and oxygen atoms in total. The van der Waals surface area contributed by atoms with Gasteiger partial charge in [-0.25, -0.2) is 8.42 Å². The maximum Gasteiger partial charge on any atom is 0.305 e. The van der Waals surface area contributed by atoms with E-state index in [0.717, 1.165) is 49.3 Å². The van der Waals surface area contributed by atoms with Crippen molar-refractivity contribution in [3.63, 3.8) is 0 Å². The Morgan fingerprint density at radius 3 is 2.12 bits per heavy atom. The number of esters is 1. The van der Waals surface area contributed by atoms with E-state index in [1.807, 2.05) is 29.2 Å². The highest BCUT2D eigenvalue weighted by atomic mass is 32.2. The van der Waals surface area contributed by atoms with Gasteiger partial charge in [-0.2, -0.15) is 0 Å². The molecule has 0 spiro atoms. The number of methoxy groups -OCH3 is 1. The number of carbonyl (C=O) groups is 2. The van der Waals surface area contributed by atoms with Gasteiger partial charge in [0.25, 0.3) is 0 Å². The highest BCUT2D eigenvalue weighted by Gasteiger charge is 2.30. The maximum atomic E-state index is 13.6. The predicted octanol–water partition coefficient (Wildman–Crippen LogP) is 5.39. The van der Waals surface area contributed by atoms with Crippen LogP contribution in [-0.2, 0) is 24.2 Å². The van der Waals surface area contributed by atoms with Gasteiger partial charge in [-0.15, -0.1) is 0 Å². The zero-order valence-electron chi connectivity index (χ0n) is 20.8. The lowest BCUT2D eigenvalue weighted by Crippen LogP contribution is -2.40. The Labute approximate surface area is 204 Å². The standard InChI is InChI=1S/C27H39NO5S/c1-4-6-10-18-28(19-11-7-5-2)27(30)24(15-17-26(29)33-3)21-34(31,32)25-16-14-22-12-8-9-13-23(22)20-25/h8-9,12-14,16,20,24H,4-7,10-11,15,17-19,21H2,1-3H3. The van der Waals surface area contributed by atoms with Crippen LogP contribution in [0.15, 0.2) is 47.4 Å². The first kappa shape index (κ1) is 27.8. The normalized spacial score (nSPS) is 12.4. The lowest BCUT2D eigenvalue weighted by Gasteiger charge is -2.27. The summed E-state index contributed by atoms with van der Waals surface area (Å²) < 4.78 is 31.5. The van der Waals surface area contributed by atoms with Crippen molar-refractivity contribution in [3.05, 3.63) is 42.5 Å². The zero-order chi connectivity index (χ0) is 25.0. The largest absolute Gasteiger partial charge is 0.469 e. The minimum absolute atomic E-state index is 0.0118. The van der Waals surface area contributed by atoms with Crippen LogP contribution in [0.5, 0.6) is 0 Å². The van der Waals surface area contributed by atoms with E-state index in [9.17, 15) is 18.0 Å². The van der Waals surface area contributed by atoms with Crippen LogP contribution in [-0.4, -0.2) is 51.1 Å². The van der Waals surface area contributed by atoms with Crippen molar-refractivity contribution in [1.29, 1.82) is 0 Å². The summed E-state index contributed by atoms with van der Waals surface area (Å²) in [4.78, 5) is 27.4. The number of unbranched alkanes of at least 4 members (excludes halogenated alkanes) is 4. The highest BCUT2D eigenvalue weighted by Crippen LogP contribution is 2.24. The van der Waals surface area contributed by atoms with Gasteiger partial charge in [0, 0.05) is 19.5 Å². The number of benzene rings is 2. The second-order valence-electron chi connectivity index (χ2n) is 8.84. The molecule has 0 aliphatic rings. The molecule has 0 bridgehead atoms. The molecule has 0 saturated heterocycles. The van der Waals surface area contributed by atoms with Crippen LogP contribution in [0.3, 0.4) is 0 Å². The Kier molecular flexibility index (Phi) is 11.5. The molecule has 0 aliphatic carbocycles. The minimum Gasteiger partial charge on any atom is -0.469 e. The highest BCUT2D eigenvalue weighted by molar-refractivity contribution is 7.91. The fraction of sp³-hybridized carbons (Fsp3) is 0.556. The van der Waals surface area contributed by atoms with Gasteiger partial charge in [0.05, 0.1) is 23.7 Å². The third kappa shape index (κ3) is 8.42. The SMILES string of the molecule is CCCCCN(CCCCC)C(=O)C(CCC(=O)OC)CS(=O)(=O)c1ccc2ccccc2c1. The van der Waals surface area contributed by atoms with Crippen molar-refractivity contribution in [2.24, 2.45) is 5.92 Å². The van der Waals surface area contributed by atoms with E-state index >= 15 is 0 Å². The van der Waals surface area contributed by atoms with Gasteiger partial charge in [-0.3, -0.25) is 9.59 Å². The van der Waals surface area contributed by atoms with Crippen LogP contribution in [0.4, 0.5) is 0 Å².